The topological polar surface area (TPSA) is 72.6 Å². The van der Waals surface area contributed by atoms with Gasteiger partial charge >= 0.3 is 0 Å². The first-order valence-corrected chi connectivity index (χ1v) is 9.34. The first kappa shape index (κ1) is 20.0. The molecular formula is C20H23BrN2O3. The summed E-state index contributed by atoms with van der Waals surface area (Å²) in [6, 6.07) is 15.2. The van der Waals surface area contributed by atoms with Gasteiger partial charge in [-0.3, -0.25) is 9.59 Å². The van der Waals surface area contributed by atoms with Crippen molar-refractivity contribution in [3.8, 4) is 5.75 Å². The van der Waals surface area contributed by atoms with Crippen LogP contribution in [0.1, 0.15) is 29.3 Å². The highest BCUT2D eigenvalue weighted by Crippen LogP contribution is 2.26. The molecule has 0 heterocycles. The van der Waals surface area contributed by atoms with Gasteiger partial charge in [-0.05, 0) is 53.0 Å². The summed E-state index contributed by atoms with van der Waals surface area (Å²) in [6.45, 7) is 3.27. The van der Waals surface area contributed by atoms with E-state index in [0.29, 0.717) is 37.4 Å². The van der Waals surface area contributed by atoms with Crippen LogP contribution in [0.4, 0.5) is 0 Å². The van der Waals surface area contributed by atoms with Gasteiger partial charge in [0.1, 0.15) is 5.75 Å². The highest BCUT2D eigenvalue weighted by Gasteiger charge is 2.18. The molecule has 2 N–H and O–H groups in total. The van der Waals surface area contributed by atoms with Crippen molar-refractivity contribution in [2.75, 3.05) is 19.7 Å². The lowest BCUT2D eigenvalue weighted by Gasteiger charge is -2.23. The van der Waals surface area contributed by atoms with Crippen LogP contribution in [0.3, 0.4) is 0 Å². The Morgan fingerprint density at radius 1 is 1.12 bits per heavy atom. The Balaban J connectivity index is 2.13. The number of hydrogen-bond acceptors (Lipinski definition) is 3. The summed E-state index contributed by atoms with van der Waals surface area (Å²) in [6.07, 6.45) is 0.849. The lowest BCUT2D eigenvalue weighted by molar-refractivity contribution is -0.118. The van der Waals surface area contributed by atoms with Crippen LogP contribution in [0.5, 0.6) is 5.75 Å². The third-order valence-electron chi connectivity index (χ3n) is 3.91. The molecule has 2 aromatic rings. The van der Waals surface area contributed by atoms with Gasteiger partial charge in [-0.1, -0.05) is 30.3 Å². The van der Waals surface area contributed by atoms with Crippen molar-refractivity contribution in [1.29, 1.82) is 0 Å². The van der Waals surface area contributed by atoms with Gasteiger partial charge in [0, 0.05) is 25.1 Å². The van der Waals surface area contributed by atoms with Gasteiger partial charge in [0.05, 0.1) is 11.1 Å². The van der Waals surface area contributed by atoms with Crippen molar-refractivity contribution in [3.05, 3.63) is 64.1 Å². The van der Waals surface area contributed by atoms with Crippen LogP contribution in [0.25, 0.3) is 0 Å². The summed E-state index contributed by atoms with van der Waals surface area (Å²) in [5.74, 6) is 0.137. The van der Waals surface area contributed by atoms with Gasteiger partial charge in [-0.25, -0.2) is 0 Å². The van der Waals surface area contributed by atoms with E-state index in [1.165, 1.54) is 0 Å². The average molecular weight is 419 g/mol. The van der Waals surface area contributed by atoms with Crippen molar-refractivity contribution in [3.63, 3.8) is 0 Å². The summed E-state index contributed by atoms with van der Waals surface area (Å²) < 4.78 is 6.21. The molecule has 2 amide bonds. The summed E-state index contributed by atoms with van der Waals surface area (Å²) >= 11 is 3.43. The fourth-order valence-electron chi connectivity index (χ4n) is 2.56. The van der Waals surface area contributed by atoms with Crippen LogP contribution >= 0.6 is 15.9 Å². The molecule has 26 heavy (non-hydrogen) atoms. The van der Waals surface area contributed by atoms with Gasteiger partial charge in [0.15, 0.2) is 0 Å². The molecule has 0 aliphatic rings. The molecule has 0 aliphatic heterocycles. The van der Waals surface area contributed by atoms with Gasteiger partial charge in [-0.15, -0.1) is 0 Å². The number of rotatable bonds is 9. The normalized spacial score (nSPS) is 10.4. The molecule has 138 valence electrons. The zero-order valence-corrected chi connectivity index (χ0v) is 16.4. The number of carbonyl (C=O) groups is 2. The van der Waals surface area contributed by atoms with Gasteiger partial charge < -0.3 is 15.4 Å². The van der Waals surface area contributed by atoms with E-state index >= 15 is 0 Å². The lowest BCUT2D eigenvalue weighted by atomic mass is 10.1. The van der Waals surface area contributed by atoms with Crippen molar-refractivity contribution >= 4 is 27.7 Å². The fraction of sp³-hybridized carbons (Fsp3) is 0.300. The van der Waals surface area contributed by atoms with E-state index in [-0.39, 0.29) is 12.3 Å². The second-order valence-corrected chi connectivity index (χ2v) is 6.68. The summed E-state index contributed by atoms with van der Waals surface area (Å²) in [5, 5.41) is 0. The number of nitrogens with two attached hydrogens (primary N) is 1. The zero-order chi connectivity index (χ0) is 18.9. The van der Waals surface area contributed by atoms with E-state index in [1.807, 2.05) is 37.3 Å². The van der Waals surface area contributed by atoms with E-state index in [2.05, 4.69) is 15.9 Å². The number of amides is 2. The standard InChI is InChI=1S/C20H23BrN2O3/c1-2-26-18-9-8-16(14-17(18)21)20(25)23(13-11-19(22)24)12-10-15-6-4-3-5-7-15/h3-9,14H,2,10-13H2,1H3,(H2,22,24). The number of carbonyl (C=O) groups excluding carboxylic acids is 2. The molecule has 0 fully saturated rings. The molecule has 5 nitrogen and oxygen atoms in total. The molecule has 0 aromatic heterocycles. The van der Waals surface area contributed by atoms with Gasteiger partial charge in [-0.2, -0.15) is 0 Å². The first-order chi connectivity index (χ1) is 12.5. The van der Waals surface area contributed by atoms with Crippen LogP contribution < -0.4 is 10.5 Å². The molecule has 0 unspecified atom stereocenters. The minimum Gasteiger partial charge on any atom is -0.493 e. The van der Waals surface area contributed by atoms with Crippen LogP contribution in [0.2, 0.25) is 0 Å². The van der Waals surface area contributed by atoms with Gasteiger partial charge in [0.2, 0.25) is 5.91 Å². The van der Waals surface area contributed by atoms with Gasteiger partial charge in [0.25, 0.3) is 5.91 Å². The average Bonchev–Trinajstić information content (AvgIpc) is 2.63. The number of hydrogen-bond donors (Lipinski definition) is 1. The minimum absolute atomic E-state index is 0.133. The van der Waals surface area contributed by atoms with Crippen molar-refractivity contribution < 1.29 is 14.3 Å². The second kappa shape index (κ2) is 9.97. The molecule has 6 heteroatoms. The van der Waals surface area contributed by atoms with E-state index in [0.717, 1.165) is 10.0 Å². The molecule has 0 radical (unpaired) electrons. The Kier molecular flexibility index (Phi) is 7.66. The van der Waals surface area contributed by atoms with Crippen LogP contribution in [0.15, 0.2) is 53.0 Å². The third kappa shape index (κ3) is 5.88. The number of benzene rings is 2. The Morgan fingerprint density at radius 3 is 2.46 bits per heavy atom. The van der Waals surface area contributed by atoms with Crippen LogP contribution in [-0.2, 0) is 11.2 Å². The summed E-state index contributed by atoms with van der Waals surface area (Å²) in [7, 11) is 0. The molecule has 0 spiro atoms. The minimum atomic E-state index is -0.421. The number of ether oxygens (including phenoxy) is 1. The maximum atomic E-state index is 12.9. The van der Waals surface area contributed by atoms with Crippen LogP contribution in [-0.4, -0.2) is 36.4 Å². The molecule has 0 bridgehead atoms. The fourth-order valence-corrected chi connectivity index (χ4v) is 3.05. The highest BCUT2D eigenvalue weighted by atomic mass is 79.9. The summed E-state index contributed by atoms with van der Waals surface area (Å²) in [5.41, 5.74) is 6.94. The Bertz CT molecular complexity index is 750. The Labute approximate surface area is 162 Å². The largest absolute Gasteiger partial charge is 0.493 e. The van der Waals surface area contributed by atoms with Crippen molar-refractivity contribution in [2.24, 2.45) is 5.73 Å². The lowest BCUT2D eigenvalue weighted by Crippen LogP contribution is -2.35. The predicted octanol–water partition coefficient (Wildman–Crippen LogP) is 3.41. The maximum absolute atomic E-state index is 12.9. The molecule has 0 aliphatic carbocycles. The van der Waals surface area contributed by atoms with Crippen LogP contribution in [0, 0.1) is 0 Å². The molecule has 2 aromatic carbocycles. The number of nitrogens with zero attached hydrogens (tertiary/aromatic N) is 1. The monoisotopic (exact) mass is 418 g/mol. The van der Waals surface area contributed by atoms with E-state index in [4.69, 9.17) is 10.5 Å². The predicted molar refractivity (Wildman–Crippen MR) is 105 cm³/mol. The molecule has 0 saturated carbocycles. The first-order valence-electron chi connectivity index (χ1n) is 8.55. The smallest absolute Gasteiger partial charge is 0.253 e. The van der Waals surface area contributed by atoms with Crippen molar-refractivity contribution in [1.82, 2.24) is 4.90 Å². The van der Waals surface area contributed by atoms with Crippen molar-refractivity contribution in [2.45, 2.75) is 19.8 Å². The van der Waals surface area contributed by atoms with E-state index in [9.17, 15) is 9.59 Å². The second-order valence-electron chi connectivity index (χ2n) is 5.82. The molecular weight excluding hydrogens is 396 g/mol. The highest BCUT2D eigenvalue weighted by molar-refractivity contribution is 9.10. The third-order valence-corrected chi connectivity index (χ3v) is 4.53. The van der Waals surface area contributed by atoms with E-state index < -0.39 is 5.91 Å². The number of halogens is 1. The molecule has 0 saturated heterocycles. The number of primary amides is 1. The Morgan fingerprint density at radius 2 is 1.85 bits per heavy atom. The molecule has 2 rings (SSSR count). The quantitative estimate of drug-likeness (QED) is 0.677. The maximum Gasteiger partial charge on any atom is 0.253 e. The molecule has 0 atom stereocenters. The zero-order valence-electron chi connectivity index (χ0n) is 14.8. The summed E-state index contributed by atoms with van der Waals surface area (Å²) in [4.78, 5) is 25.7. The van der Waals surface area contributed by atoms with E-state index in [1.54, 1.807) is 23.1 Å². The Hall–Kier alpha value is -2.34. The SMILES string of the molecule is CCOc1ccc(C(=O)N(CCC(N)=O)CCc2ccccc2)cc1Br.